The average molecular weight is 308 g/mol. The van der Waals surface area contributed by atoms with Crippen LogP contribution in [-0.4, -0.2) is 6.26 Å². The molecule has 0 aliphatic heterocycles. The monoisotopic (exact) mass is 307 g/mol. The van der Waals surface area contributed by atoms with Crippen LogP contribution in [0.3, 0.4) is 0 Å². The molecule has 0 saturated heterocycles. The van der Waals surface area contributed by atoms with E-state index in [-0.39, 0.29) is 0 Å². The van der Waals surface area contributed by atoms with E-state index < -0.39 is 0 Å². The van der Waals surface area contributed by atoms with Crippen molar-refractivity contribution in [2.45, 2.75) is 25.7 Å². The Balaban J connectivity index is 2.40. The molecule has 2 aromatic rings. The fourth-order valence-electron chi connectivity index (χ4n) is 2.03. The molecule has 0 aliphatic carbocycles. The first kappa shape index (κ1) is 15.1. The maximum atomic E-state index is 6.34. The van der Waals surface area contributed by atoms with Gasteiger partial charge in [-0.3, -0.25) is 0 Å². The van der Waals surface area contributed by atoms with Gasteiger partial charge in [-0.25, -0.2) is 0 Å². The molecule has 0 spiro atoms. The second-order valence-corrected chi connectivity index (χ2v) is 6.01. The Hall–Kier alpha value is -1.32. The minimum absolute atomic E-state index is 0.578. The standard InChI is InChI=1S/C16H18ClNOS/c1-9-7-12(5-6-14(9)20-4)19-16-10(2)8-13(18)11(3)15(16)17/h5-8H,18H2,1-4H3. The summed E-state index contributed by atoms with van der Waals surface area (Å²) in [5.74, 6) is 1.46. The largest absolute Gasteiger partial charge is 0.456 e. The molecule has 0 aromatic heterocycles. The number of benzene rings is 2. The SMILES string of the molecule is CSc1ccc(Oc2c(C)cc(N)c(C)c2Cl)cc1C. The molecular weight excluding hydrogens is 290 g/mol. The first-order valence-electron chi connectivity index (χ1n) is 6.31. The predicted molar refractivity (Wildman–Crippen MR) is 88.4 cm³/mol. The number of anilines is 1. The van der Waals surface area contributed by atoms with Crippen LogP contribution < -0.4 is 10.5 Å². The number of hydrogen-bond acceptors (Lipinski definition) is 3. The van der Waals surface area contributed by atoms with Crippen molar-refractivity contribution in [1.29, 1.82) is 0 Å². The Bertz CT molecular complexity index is 655. The molecule has 0 unspecified atom stereocenters. The van der Waals surface area contributed by atoms with Gasteiger partial charge in [0.25, 0.3) is 0 Å². The van der Waals surface area contributed by atoms with E-state index in [1.165, 1.54) is 10.5 Å². The average Bonchev–Trinajstić information content (AvgIpc) is 2.41. The number of nitrogen functional groups attached to an aromatic ring is 1. The van der Waals surface area contributed by atoms with Gasteiger partial charge < -0.3 is 10.5 Å². The Kier molecular flexibility index (Phi) is 4.51. The Morgan fingerprint density at radius 1 is 1.10 bits per heavy atom. The highest BCUT2D eigenvalue weighted by molar-refractivity contribution is 7.98. The molecule has 20 heavy (non-hydrogen) atoms. The van der Waals surface area contributed by atoms with E-state index in [0.717, 1.165) is 16.9 Å². The van der Waals surface area contributed by atoms with Crippen LogP contribution in [0, 0.1) is 20.8 Å². The summed E-state index contributed by atoms with van der Waals surface area (Å²) in [4.78, 5) is 1.24. The third-order valence-electron chi connectivity index (χ3n) is 3.28. The van der Waals surface area contributed by atoms with Crippen molar-refractivity contribution in [3.63, 3.8) is 0 Å². The maximum absolute atomic E-state index is 6.34. The van der Waals surface area contributed by atoms with Crippen LogP contribution in [-0.2, 0) is 0 Å². The van der Waals surface area contributed by atoms with E-state index in [2.05, 4.69) is 19.2 Å². The number of hydrogen-bond donors (Lipinski definition) is 1. The summed E-state index contributed by atoms with van der Waals surface area (Å²) in [7, 11) is 0. The summed E-state index contributed by atoms with van der Waals surface area (Å²) in [5, 5.41) is 0.578. The molecule has 106 valence electrons. The van der Waals surface area contributed by atoms with Crippen LogP contribution in [0.15, 0.2) is 29.2 Å². The van der Waals surface area contributed by atoms with E-state index in [4.69, 9.17) is 22.1 Å². The zero-order valence-electron chi connectivity index (χ0n) is 12.1. The molecule has 2 aromatic carbocycles. The molecule has 0 amide bonds. The minimum Gasteiger partial charge on any atom is -0.456 e. The van der Waals surface area contributed by atoms with Crippen LogP contribution in [0.5, 0.6) is 11.5 Å². The lowest BCUT2D eigenvalue weighted by atomic mass is 10.1. The summed E-state index contributed by atoms with van der Waals surface area (Å²) in [6, 6.07) is 7.93. The molecule has 0 heterocycles. The van der Waals surface area contributed by atoms with E-state index in [1.807, 2.05) is 32.0 Å². The Labute approximate surface area is 129 Å². The van der Waals surface area contributed by atoms with Crippen LogP contribution in [0.4, 0.5) is 5.69 Å². The molecular formula is C16H18ClNOS. The Morgan fingerprint density at radius 2 is 1.80 bits per heavy atom. The molecule has 0 saturated carbocycles. The lowest BCUT2D eigenvalue weighted by Gasteiger charge is -2.15. The quantitative estimate of drug-likeness (QED) is 0.612. The first-order valence-corrected chi connectivity index (χ1v) is 7.92. The molecule has 2 N–H and O–H groups in total. The highest BCUT2D eigenvalue weighted by atomic mass is 35.5. The number of thioether (sulfide) groups is 1. The van der Waals surface area contributed by atoms with Crippen molar-refractivity contribution < 1.29 is 4.74 Å². The van der Waals surface area contributed by atoms with E-state index in [1.54, 1.807) is 11.8 Å². The van der Waals surface area contributed by atoms with Gasteiger partial charge in [0, 0.05) is 10.6 Å². The predicted octanol–water partition coefficient (Wildman–Crippen LogP) is 5.36. The zero-order chi connectivity index (χ0) is 14.9. The molecule has 0 fully saturated rings. The number of halogens is 1. The second kappa shape index (κ2) is 5.98. The van der Waals surface area contributed by atoms with Crippen molar-refractivity contribution in [2.24, 2.45) is 0 Å². The van der Waals surface area contributed by atoms with Crippen LogP contribution in [0.25, 0.3) is 0 Å². The van der Waals surface area contributed by atoms with E-state index >= 15 is 0 Å². The van der Waals surface area contributed by atoms with Crippen molar-refractivity contribution in [2.75, 3.05) is 12.0 Å². The van der Waals surface area contributed by atoms with Crippen molar-refractivity contribution in [3.05, 3.63) is 46.0 Å². The second-order valence-electron chi connectivity index (χ2n) is 4.78. The van der Waals surface area contributed by atoms with Gasteiger partial charge in [0.2, 0.25) is 0 Å². The number of aryl methyl sites for hydroxylation is 2. The molecule has 2 nitrogen and oxygen atoms in total. The van der Waals surface area contributed by atoms with Gasteiger partial charge in [0.1, 0.15) is 11.5 Å². The Morgan fingerprint density at radius 3 is 2.40 bits per heavy atom. The molecule has 0 bridgehead atoms. The van der Waals surface area contributed by atoms with Crippen molar-refractivity contribution in [1.82, 2.24) is 0 Å². The van der Waals surface area contributed by atoms with Gasteiger partial charge in [0.15, 0.2) is 0 Å². The molecule has 0 radical (unpaired) electrons. The van der Waals surface area contributed by atoms with Gasteiger partial charge in [0.05, 0.1) is 5.02 Å². The number of rotatable bonds is 3. The van der Waals surface area contributed by atoms with Gasteiger partial charge in [-0.05, 0) is 68.0 Å². The summed E-state index contributed by atoms with van der Waals surface area (Å²) >= 11 is 8.07. The fourth-order valence-corrected chi connectivity index (χ4v) is 2.92. The number of nitrogens with two attached hydrogens (primary N) is 1. The first-order chi connectivity index (χ1) is 9.43. The summed E-state index contributed by atoms with van der Waals surface area (Å²) < 4.78 is 5.96. The van der Waals surface area contributed by atoms with E-state index in [9.17, 15) is 0 Å². The van der Waals surface area contributed by atoms with Crippen molar-refractivity contribution >= 4 is 29.1 Å². The van der Waals surface area contributed by atoms with Gasteiger partial charge in [-0.2, -0.15) is 0 Å². The molecule has 0 aliphatic rings. The zero-order valence-corrected chi connectivity index (χ0v) is 13.7. The lowest BCUT2D eigenvalue weighted by molar-refractivity contribution is 0.478. The maximum Gasteiger partial charge on any atom is 0.149 e. The van der Waals surface area contributed by atoms with Gasteiger partial charge in [-0.1, -0.05) is 11.6 Å². The molecule has 2 rings (SSSR count). The van der Waals surface area contributed by atoms with Crippen molar-refractivity contribution in [3.8, 4) is 11.5 Å². The lowest BCUT2D eigenvalue weighted by Crippen LogP contribution is -1.96. The molecule has 0 atom stereocenters. The van der Waals surface area contributed by atoms with E-state index in [0.29, 0.717) is 16.5 Å². The third-order valence-corrected chi connectivity index (χ3v) is 4.63. The summed E-state index contributed by atoms with van der Waals surface area (Å²) in [6.07, 6.45) is 2.06. The highest BCUT2D eigenvalue weighted by Crippen LogP contribution is 2.38. The summed E-state index contributed by atoms with van der Waals surface area (Å²) in [5.41, 5.74) is 9.57. The third kappa shape index (κ3) is 2.89. The van der Waals surface area contributed by atoms with Crippen LogP contribution in [0.1, 0.15) is 16.7 Å². The molecule has 4 heteroatoms. The summed E-state index contributed by atoms with van der Waals surface area (Å²) in [6.45, 7) is 5.91. The fraction of sp³-hybridized carbons (Fsp3) is 0.250. The minimum atomic E-state index is 0.578. The number of ether oxygens (including phenoxy) is 1. The van der Waals surface area contributed by atoms with Gasteiger partial charge >= 0.3 is 0 Å². The normalized spacial score (nSPS) is 10.7. The smallest absolute Gasteiger partial charge is 0.149 e. The van der Waals surface area contributed by atoms with Gasteiger partial charge in [-0.15, -0.1) is 11.8 Å². The highest BCUT2D eigenvalue weighted by Gasteiger charge is 2.13. The van der Waals surface area contributed by atoms with Crippen LogP contribution in [0.2, 0.25) is 5.02 Å². The topological polar surface area (TPSA) is 35.2 Å². The van der Waals surface area contributed by atoms with Crippen LogP contribution >= 0.6 is 23.4 Å².